The molecule has 0 radical (unpaired) electrons. The molecule has 1 N–H and O–H groups in total. The van der Waals surface area contributed by atoms with E-state index in [1.165, 1.54) is 6.07 Å². The Kier molecular flexibility index (Phi) is 4.00. The standard InChI is InChI=1S/C16H10F4N2OS/c1-8-5-6-11-13(12(8)17)24-15(21-11)22-14(23)9-3-2-4-10(7-9)16(18,19)20/h2-7H,1H3,(H,21,22,23). The topological polar surface area (TPSA) is 42.0 Å². The van der Waals surface area contributed by atoms with Crippen molar-refractivity contribution in [3.05, 3.63) is 58.9 Å². The molecule has 0 atom stereocenters. The van der Waals surface area contributed by atoms with Gasteiger partial charge >= 0.3 is 6.18 Å². The molecular formula is C16H10F4N2OS. The van der Waals surface area contributed by atoms with Crippen LogP contribution < -0.4 is 5.32 Å². The fourth-order valence-corrected chi connectivity index (χ4v) is 3.07. The molecule has 1 amide bonds. The molecule has 0 bridgehead atoms. The molecule has 24 heavy (non-hydrogen) atoms. The molecule has 124 valence electrons. The van der Waals surface area contributed by atoms with E-state index in [1.54, 1.807) is 19.1 Å². The number of aryl methyl sites for hydroxylation is 1. The first-order valence-corrected chi connectivity index (χ1v) is 7.61. The van der Waals surface area contributed by atoms with Crippen LogP contribution in [-0.2, 0) is 6.18 Å². The lowest BCUT2D eigenvalue weighted by Gasteiger charge is -2.08. The van der Waals surface area contributed by atoms with E-state index >= 15 is 0 Å². The van der Waals surface area contributed by atoms with Crippen LogP contribution in [0.3, 0.4) is 0 Å². The summed E-state index contributed by atoms with van der Waals surface area (Å²) in [7, 11) is 0. The molecule has 0 saturated heterocycles. The fraction of sp³-hybridized carbons (Fsp3) is 0.125. The van der Waals surface area contributed by atoms with Gasteiger partial charge in [-0.1, -0.05) is 23.5 Å². The van der Waals surface area contributed by atoms with Crippen molar-refractivity contribution in [2.24, 2.45) is 0 Å². The van der Waals surface area contributed by atoms with Gasteiger partial charge in [-0.25, -0.2) is 9.37 Å². The van der Waals surface area contributed by atoms with E-state index in [-0.39, 0.29) is 15.4 Å². The second-order valence-corrected chi connectivity index (χ2v) is 6.10. The quantitative estimate of drug-likeness (QED) is 0.657. The van der Waals surface area contributed by atoms with Crippen LogP contribution in [0.2, 0.25) is 0 Å². The molecule has 0 spiro atoms. The number of fused-ring (bicyclic) bond motifs is 1. The maximum atomic E-state index is 14.0. The molecule has 0 saturated carbocycles. The molecule has 0 aliphatic carbocycles. The SMILES string of the molecule is Cc1ccc2nc(NC(=O)c3cccc(C(F)(F)F)c3)sc2c1F. The van der Waals surface area contributed by atoms with Gasteiger partial charge in [0.25, 0.3) is 5.91 Å². The normalized spacial score (nSPS) is 11.7. The number of alkyl halides is 3. The number of hydrogen-bond donors (Lipinski definition) is 1. The van der Waals surface area contributed by atoms with E-state index in [0.29, 0.717) is 11.1 Å². The number of anilines is 1. The molecule has 3 rings (SSSR count). The van der Waals surface area contributed by atoms with Crippen molar-refractivity contribution < 1.29 is 22.4 Å². The minimum absolute atomic E-state index is 0.122. The lowest BCUT2D eigenvalue weighted by Crippen LogP contribution is -2.13. The molecule has 1 aromatic heterocycles. The maximum absolute atomic E-state index is 14.0. The van der Waals surface area contributed by atoms with Crippen LogP contribution in [0.1, 0.15) is 21.5 Å². The highest BCUT2D eigenvalue weighted by Crippen LogP contribution is 2.31. The average molecular weight is 354 g/mol. The molecule has 0 aliphatic heterocycles. The van der Waals surface area contributed by atoms with E-state index in [2.05, 4.69) is 10.3 Å². The number of carbonyl (C=O) groups is 1. The van der Waals surface area contributed by atoms with Gasteiger partial charge in [-0.15, -0.1) is 0 Å². The van der Waals surface area contributed by atoms with Gasteiger partial charge in [-0.2, -0.15) is 13.2 Å². The monoisotopic (exact) mass is 354 g/mol. The van der Waals surface area contributed by atoms with Gasteiger partial charge in [0.15, 0.2) is 5.13 Å². The zero-order valence-electron chi connectivity index (χ0n) is 12.2. The van der Waals surface area contributed by atoms with Gasteiger partial charge in [0, 0.05) is 5.56 Å². The highest BCUT2D eigenvalue weighted by atomic mass is 32.1. The number of hydrogen-bond acceptors (Lipinski definition) is 3. The van der Waals surface area contributed by atoms with Gasteiger partial charge in [-0.05, 0) is 36.8 Å². The predicted molar refractivity (Wildman–Crippen MR) is 83.7 cm³/mol. The second-order valence-electron chi connectivity index (χ2n) is 5.10. The van der Waals surface area contributed by atoms with E-state index < -0.39 is 23.5 Å². The van der Waals surface area contributed by atoms with E-state index in [9.17, 15) is 22.4 Å². The average Bonchev–Trinajstić information content (AvgIpc) is 2.94. The zero-order chi connectivity index (χ0) is 17.5. The van der Waals surface area contributed by atoms with Gasteiger partial charge in [0.1, 0.15) is 5.82 Å². The summed E-state index contributed by atoms with van der Waals surface area (Å²) in [6.07, 6.45) is -4.53. The van der Waals surface area contributed by atoms with Crippen LogP contribution >= 0.6 is 11.3 Å². The smallest absolute Gasteiger partial charge is 0.298 e. The van der Waals surface area contributed by atoms with E-state index in [0.717, 1.165) is 29.5 Å². The summed E-state index contributed by atoms with van der Waals surface area (Å²) < 4.78 is 52.4. The van der Waals surface area contributed by atoms with Crippen molar-refractivity contribution in [3.8, 4) is 0 Å². The van der Waals surface area contributed by atoms with Crippen LogP contribution in [0.15, 0.2) is 36.4 Å². The van der Waals surface area contributed by atoms with Crippen LogP contribution in [-0.4, -0.2) is 10.9 Å². The highest BCUT2D eigenvalue weighted by Gasteiger charge is 2.31. The van der Waals surface area contributed by atoms with Gasteiger partial charge in [-0.3, -0.25) is 10.1 Å². The van der Waals surface area contributed by atoms with Crippen molar-refractivity contribution in [2.45, 2.75) is 13.1 Å². The third kappa shape index (κ3) is 3.09. The largest absolute Gasteiger partial charge is 0.416 e. The molecule has 1 heterocycles. The Balaban J connectivity index is 1.89. The second kappa shape index (κ2) is 5.86. The molecule has 8 heteroatoms. The summed E-state index contributed by atoms with van der Waals surface area (Å²) in [4.78, 5) is 16.2. The lowest BCUT2D eigenvalue weighted by molar-refractivity contribution is -0.137. The summed E-state index contributed by atoms with van der Waals surface area (Å²) in [6, 6.07) is 7.24. The molecule has 0 fully saturated rings. The van der Waals surface area contributed by atoms with Gasteiger partial charge in [0.2, 0.25) is 0 Å². The van der Waals surface area contributed by atoms with Crippen LogP contribution in [0.4, 0.5) is 22.7 Å². The Labute approximate surface area is 137 Å². The summed E-state index contributed by atoms with van der Waals surface area (Å²) in [6.45, 7) is 1.61. The number of amides is 1. The van der Waals surface area contributed by atoms with Gasteiger partial charge < -0.3 is 0 Å². The Morgan fingerprint density at radius 1 is 1.21 bits per heavy atom. The van der Waals surface area contributed by atoms with Crippen LogP contribution in [0, 0.1) is 12.7 Å². The zero-order valence-corrected chi connectivity index (χ0v) is 13.1. The minimum atomic E-state index is -4.53. The predicted octanol–water partition coefficient (Wildman–Crippen LogP) is 5.01. The van der Waals surface area contributed by atoms with Crippen LogP contribution in [0.25, 0.3) is 10.2 Å². The Morgan fingerprint density at radius 2 is 1.96 bits per heavy atom. The Morgan fingerprint density at radius 3 is 2.67 bits per heavy atom. The highest BCUT2D eigenvalue weighted by molar-refractivity contribution is 7.22. The number of benzene rings is 2. The van der Waals surface area contributed by atoms with E-state index in [1.807, 2.05) is 0 Å². The Bertz CT molecular complexity index is 933. The third-order valence-electron chi connectivity index (χ3n) is 3.36. The number of thiazole rings is 1. The van der Waals surface area contributed by atoms with Crippen molar-refractivity contribution in [1.29, 1.82) is 0 Å². The molecular weight excluding hydrogens is 344 g/mol. The number of nitrogens with zero attached hydrogens (tertiary/aromatic N) is 1. The molecule has 3 nitrogen and oxygen atoms in total. The number of carbonyl (C=O) groups excluding carboxylic acids is 1. The number of halogens is 4. The van der Waals surface area contributed by atoms with Crippen molar-refractivity contribution >= 4 is 32.6 Å². The molecule has 2 aromatic carbocycles. The van der Waals surface area contributed by atoms with Crippen molar-refractivity contribution in [3.63, 3.8) is 0 Å². The van der Waals surface area contributed by atoms with Gasteiger partial charge in [0.05, 0.1) is 15.8 Å². The van der Waals surface area contributed by atoms with Crippen LogP contribution in [0.5, 0.6) is 0 Å². The molecule has 0 unspecified atom stereocenters. The summed E-state index contributed by atoms with van der Waals surface area (Å²) in [5.74, 6) is -1.16. The number of rotatable bonds is 2. The lowest BCUT2D eigenvalue weighted by atomic mass is 10.1. The number of nitrogens with one attached hydrogen (secondary N) is 1. The molecule has 3 aromatic rings. The van der Waals surface area contributed by atoms with E-state index in [4.69, 9.17) is 0 Å². The fourth-order valence-electron chi connectivity index (χ4n) is 2.12. The first-order chi connectivity index (χ1) is 11.3. The summed E-state index contributed by atoms with van der Waals surface area (Å²) in [5, 5.41) is 2.53. The first kappa shape index (κ1) is 16.4. The Hall–Kier alpha value is -2.48. The van der Waals surface area contributed by atoms with Crippen molar-refractivity contribution in [2.75, 3.05) is 5.32 Å². The summed E-state index contributed by atoms with van der Waals surface area (Å²) in [5.41, 5.74) is -0.244. The maximum Gasteiger partial charge on any atom is 0.416 e. The summed E-state index contributed by atoms with van der Waals surface area (Å²) >= 11 is 0.931. The minimum Gasteiger partial charge on any atom is -0.298 e. The number of aromatic nitrogens is 1. The molecule has 0 aliphatic rings. The van der Waals surface area contributed by atoms with Crippen molar-refractivity contribution in [1.82, 2.24) is 4.98 Å². The third-order valence-corrected chi connectivity index (χ3v) is 4.34. The first-order valence-electron chi connectivity index (χ1n) is 6.80.